The smallest absolute Gasteiger partial charge is 0.319 e. The first-order valence-electron chi connectivity index (χ1n) is 12.6. The summed E-state index contributed by atoms with van der Waals surface area (Å²) in [5.41, 5.74) is 1.88. The highest BCUT2D eigenvalue weighted by Crippen LogP contribution is 2.39. The molecule has 2 amide bonds. The Labute approximate surface area is 232 Å². The van der Waals surface area contributed by atoms with Crippen molar-refractivity contribution in [3.05, 3.63) is 41.3 Å². The van der Waals surface area contributed by atoms with Gasteiger partial charge in [-0.2, -0.15) is 0 Å². The number of fused-ring (bicyclic) bond motifs is 3. The third kappa shape index (κ3) is 4.61. The summed E-state index contributed by atoms with van der Waals surface area (Å²) < 4.78 is 57.6. The highest BCUT2D eigenvalue weighted by atomic mass is 32.2. The molecule has 40 heavy (non-hydrogen) atoms. The first kappa shape index (κ1) is 26.7. The number of sulfonamides is 1. The maximum absolute atomic E-state index is 13.4. The number of hydrogen-bond donors (Lipinski definition) is 1. The molecule has 1 aliphatic heterocycles. The Balaban J connectivity index is 1.54. The van der Waals surface area contributed by atoms with Crippen LogP contribution in [0.5, 0.6) is 0 Å². The summed E-state index contributed by atoms with van der Waals surface area (Å²) in [4.78, 5) is 24.7. The molecule has 2 aliphatic rings. The predicted molar refractivity (Wildman–Crippen MR) is 146 cm³/mol. The van der Waals surface area contributed by atoms with Gasteiger partial charge >= 0.3 is 6.03 Å². The first-order chi connectivity index (χ1) is 19.0. The monoisotopic (exact) mass is 588 g/mol. The number of aromatic nitrogens is 5. The van der Waals surface area contributed by atoms with Gasteiger partial charge in [0.1, 0.15) is 6.33 Å². The van der Waals surface area contributed by atoms with Crippen LogP contribution in [0.25, 0.3) is 32.6 Å². The number of rotatable bonds is 6. The van der Waals surface area contributed by atoms with E-state index >= 15 is 0 Å². The minimum atomic E-state index is -3.85. The molecule has 0 atom stereocenters. The van der Waals surface area contributed by atoms with Crippen LogP contribution in [-0.4, -0.2) is 81.7 Å². The summed E-state index contributed by atoms with van der Waals surface area (Å²) in [6, 6.07) is 4.62. The van der Waals surface area contributed by atoms with Crippen LogP contribution in [0.15, 0.2) is 35.5 Å². The van der Waals surface area contributed by atoms with Crippen LogP contribution in [0, 0.1) is 0 Å². The third-order valence-corrected chi connectivity index (χ3v) is 9.74. The minimum absolute atomic E-state index is 0.0417. The van der Waals surface area contributed by atoms with Crippen molar-refractivity contribution < 1.29 is 22.0 Å². The second kappa shape index (κ2) is 9.52. The maximum Gasteiger partial charge on any atom is 0.319 e. The number of alkyl halides is 2. The quantitative estimate of drug-likeness (QED) is 0.361. The molecule has 0 radical (unpaired) electrons. The molecule has 1 aliphatic carbocycles. The van der Waals surface area contributed by atoms with Crippen LogP contribution >= 0.6 is 11.3 Å². The second-order valence-corrected chi connectivity index (χ2v) is 13.1. The molecule has 1 aromatic carbocycles. The van der Waals surface area contributed by atoms with Crippen LogP contribution < -0.4 is 4.72 Å². The van der Waals surface area contributed by atoms with E-state index in [1.807, 2.05) is 13.0 Å². The number of nitrogens with zero attached hydrogens (tertiary/aromatic N) is 7. The Morgan fingerprint density at radius 1 is 1.20 bits per heavy atom. The van der Waals surface area contributed by atoms with Gasteiger partial charge in [0.25, 0.3) is 6.43 Å². The number of amides is 2. The van der Waals surface area contributed by atoms with Crippen LogP contribution in [0.3, 0.4) is 0 Å². The Bertz CT molecular complexity index is 1790. The van der Waals surface area contributed by atoms with Gasteiger partial charge in [0.2, 0.25) is 15.2 Å². The lowest BCUT2D eigenvalue weighted by atomic mass is 10.0. The summed E-state index contributed by atoms with van der Waals surface area (Å²) in [6.07, 6.45) is 2.57. The van der Waals surface area contributed by atoms with Crippen molar-refractivity contribution in [2.45, 2.75) is 43.0 Å². The summed E-state index contributed by atoms with van der Waals surface area (Å²) in [7, 11) is -0.447. The van der Waals surface area contributed by atoms with E-state index in [2.05, 4.69) is 24.9 Å². The maximum atomic E-state index is 13.4. The molecule has 0 spiro atoms. The molecule has 1 fully saturated rings. The van der Waals surface area contributed by atoms with Crippen molar-refractivity contribution in [3.63, 3.8) is 0 Å². The molecule has 0 saturated heterocycles. The van der Waals surface area contributed by atoms with Crippen LogP contribution in [-0.2, 0) is 10.0 Å². The van der Waals surface area contributed by atoms with Crippen LogP contribution in [0.2, 0.25) is 0 Å². The van der Waals surface area contributed by atoms with E-state index in [1.165, 1.54) is 23.4 Å². The molecule has 1 N–H and O–H groups in total. The zero-order valence-corrected chi connectivity index (χ0v) is 23.6. The molecule has 0 unspecified atom stereocenters. The topological polar surface area (TPSA) is 126 Å². The van der Waals surface area contributed by atoms with Gasteiger partial charge in [0, 0.05) is 38.1 Å². The van der Waals surface area contributed by atoms with Crippen LogP contribution in [0.1, 0.15) is 43.3 Å². The zero-order chi connectivity index (χ0) is 28.4. The number of halogens is 2. The fraction of sp³-hybridized carbons (Fsp3) is 0.400. The third-order valence-electron chi connectivity index (χ3n) is 7.18. The summed E-state index contributed by atoms with van der Waals surface area (Å²) in [5.74, 6) is 0. The molecule has 11 nitrogen and oxygen atoms in total. The lowest BCUT2D eigenvalue weighted by Gasteiger charge is -2.29. The summed E-state index contributed by atoms with van der Waals surface area (Å²) in [6.45, 7) is 2.74. The van der Waals surface area contributed by atoms with Crippen LogP contribution in [0.4, 0.5) is 13.6 Å². The molecular weight excluding hydrogens is 562 g/mol. The Kier molecular flexibility index (Phi) is 6.34. The van der Waals surface area contributed by atoms with Crippen molar-refractivity contribution in [1.82, 2.24) is 39.3 Å². The minimum Gasteiger partial charge on any atom is -0.331 e. The van der Waals surface area contributed by atoms with Gasteiger partial charge in [0.05, 0.1) is 21.5 Å². The van der Waals surface area contributed by atoms with E-state index in [9.17, 15) is 22.0 Å². The highest BCUT2D eigenvalue weighted by Gasteiger charge is 2.41. The van der Waals surface area contributed by atoms with Crippen molar-refractivity contribution in [2.75, 3.05) is 27.2 Å². The molecule has 3 aromatic heterocycles. The van der Waals surface area contributed by atoms with Gasteiger partial charge in [-0.1, -0.05) is 23.5 Å². The second-order valence-electron chi connectivity index (χ2n) is 10.4. The molecule has 0 bridgehead atoms. The van der Waals surface area contributed by atoms with Gasteiger partial charge in [-0.05, 0) is 43.9 Å². The SMILES string of the molecule is CN(C)C(=O)N1CC=C(c2ncnc3c2c2ccc(S(=O)(=O)NC4(C)CC4)cc2n3-c2nnc(C(F)F)s2)CC1. The predicted octanol–water partition coefficient (Wildman–Crippen LogP) is 3.96. The van der Waals surface area contributed by atoms with Crippen molar-refractivity contribution in [1.29, 1.82) is 0 Å². The standard InChI is InChI=1S/C25H26F2N8O3S2/c1-25(8-9-25)32-40(37,38)15-4-5-16-17(12-15)35(23-31-30-22(39-23)20(26)27)21-18(16)19(28-13-29-21)14-6-10-34(11-7-14)24(36)33(2)3/h4-6,12-13,20,32H,7-11H2,1-3H3. The van der Waals surface area contributed by atoms with Gasteiger partial charge in [0.15, 0.2) is 10.7 Å². The highest BCUT2D eigenvalue weighted by molar-refractivity contribution is 7.89. The lowest BCUT2D eigenvalue weighted by Crippen LogP contribution is -2.41. The van der Waals surface area contributed by atoms with E-state index in [1.54, 1.807) is 29.6 Å². The molecule has 6 rings (SSSR count). The Morgan fingerprint density at radius 2 is 1.98 bits per heavy atom. The zero-order valence-electron chi connectivity index (χ0n) is 21.9. The van der Waals surface area contributed by atoms with Crippen molar-refractivity contribution >= 4 is 54.9 Å². The van der Waals surface area contributed by atoms with E-state index in [4.69, 9.17) is 0 Å². The molecule has 4 heterocycles. The fourth-order valence-electron chi connectivity index (χ4n) is 4.84. The van der Waals surface area contributed by atoms with E-state index in [0.717, 1.165) is 18.4 Å². The molecular formula is C25H26F2N8O3S2. The van der Waals surface area contributed by atoms with E-state index < -0.39 is 27.0 Å². The van der Waals surface area contributed by atoms with Crippen molar-refractivity contribution in [3.8, 4) is 5.13 Å². The number of carbonyl (C=O) groups is 1. The number of nitrogens with one attached hydrogen (secondary N) is 1. The fourth-order valence-corrected chi connectivity index (χ4v) is 7.04. The summed E-state index contributed by atoms with van der Waals surface area (Å²) >= 11 is 0.711. The van der Waals surface area contributed by atoms with E-state index in [-0.39, 0.29) is 16.1 Å². The number of benzene rings is 1. The van der Waals surface area contributed by atoms with Gasteiger partial charge < -0.3 is 9.80 Å². The van der Waals surface area contributed by atoms with E-state index in [0.29, 0.717) is 58.5 Å². The number of urea groups is 1. The average molecular weight is 589 g/mol. The number of hydrogen-bond acceptors (Lipinski definition) is 8. The molecule has 1 saturated carbocycles. The van der Waals surface area contributed by atoms with Gasteiger partial charge in [-0.25, -0.2) is 36.7 Å². The van der Waals surface area contributed by atoms with Gasteiger partial charge in [-0.15, -0.1) is 10.2 Å². The first-order valence-corrected chi connectivity index (χ1v) is 14.9. The molecule has 4 aromatic rings. The summed E-state index contributed by atoms with van der Waals surface area (Å²) in [5, 5.41) is 8.59. The largest absolute Gasteiger partial charge is 0.331 e. The molecule has 210 valence electrons. The molecule has 15 heteroatoms. The number of carbonyl (C=O) groups excluding carboxylic acids is 1. The lowest BCUT2D eigenvalue weighted by molar-refractivity contribution is 0.150. The van der Waals surface area contributed by atoms with Crippen molar-refractivity contribution in [2.24, 2.45) is 0 Å². The van der Waals surface area contributed by atoms with Gasteiger partial charge in [-0.3, -0.25) is 4.57 Å². The normalized spacial score (nSPS) is 17.1. The Morgan fingerprint density at radius 3 is 2.60 bits per heavy atom. The average Bonchev–Trinajstić information content (AvgIpc) is 3.31. The Hall–Kier alpha value is -3.56.